The van der Waals surface area contributed by atoms with Gasteiger partial charge in [0.25, 0.3) is 0 Å². The number of ether oxygens (including phenoxy) is 1. The number of hydrogen-bond acceptors (Lipinski definition) is 6. The molecule has 4 aromatic rings. The molecule has 1 aliphatic rings. The highest BCUT2D eigenvalue weighted by atomic mass is 35.5. The van der Waals surface area contributed by atoms with Crippen LogP contribution in [0.5, 0.6) is 0 Å². The van der Waals surface area contributed by atoms with Crippen LogP contribution in [0.1, 0.15) is 0 Å². The summed E-state index contributed by atoms with van der Waals surface area (Å²) < 4.78 is 7.17. The summed E-state index contributed by atoms with van der Waals surface area (Å²) in [6.07, 6.45) is 0. The lowest BCUT2D eigenvalue weighted by molar-refractivity contribution is 0.122. The molecule has 3 heterocycles. The Morgan fingerprint density at radius 3 is 2.52 bits per heavy atom. The van der Waals surface area contributed by atoms with Crippen molar-refractivity contribution in [3.8, 4) is 16.9 Å². The van der Waals surface area contributed by atoms with Gasteiger partial charge in [0, 0.05) is 23.7 Å². The van der Waals surface area contributed by atoms with Crippen molar-refractivity contribution in [3.05, 3.63) is 59.6 Å². The molecule has 146 valence electrons. The fraction of sp³-hybridized carbons (Fsp3) is 0.190. The van der Waals surface area contributed by atoms with Crippen LogP contribution in [-0.2, 0) is 4.74 Å². The number of nitrogens with zero attached hydrogens (tertiary/aromatic N) is 5. The molecule has 0 spiro atoms. The third-order valence-corrected chi connectivity index (χ3v) is 5.19. The molecule has 7 nitrogen and oxygen atoms in total. The van der Waals surface area contributed by atoms with Crippen molar-refractivity contribution in [2.45, 2.75) is 0 Å². The molecule has 0 amide bonds. The van der Waals surface area contributed by atoms with Crippen LogP contribution in [0.15, 0.2) is 54.6 Å². The first-order chi connectivity index (χ1) is 14.2. The van der Waals surface area contributed by atoms with E-state index >= 15 is 0 Å². The number of anilines is 2. The Balaban J connectivity index is 1.76. The van der Waals surface area contributed by atoms with Gasteiger partial charge >= 0.3 is 0 Å². The van der Waals surface area contributed by atoms with E-state index in [0.29, 0.717) is 41.0 Å². The van der Waals surface area contributed by atoms with Crippen LogP contribution in [0.3, 0.4) is 0 Å². The van der Waals surface area contributed by atoms with Crippen molar-refractivity contribution in [1.29, 1.82) is 0 Å². The Morgan fingerprint density at radius 2 is 1.76 bits per heavy atom. The predicted molar refractivity (Wildman–Crippen MR) is 115 cm³/mol. The summed E-state index contributed by atoms with van der Waals surface area (Å²) in [4.78, 5) is 11.7. The second kappa shape index (κ2) is 7.35. The molecule has 1 fully saturated rings. The van der Waals surface area contributed by atoms with E-state index in [0.717, 1.165) is 30.0 Å². The molecule has 1 aliphatic heterocycles. The molecule has 8 heteroatoms. The quantitative estimate of drug-likeness (QED) is 0.560. The van der Waals surface area contributed by atoms with Gasteiger partial charge in [-0.05, 0) is 24.3 Å². The average molecular weight is 407 g/mol. The molecule has 0 atom stereocenters. The molecule has 0 aliphatic carbocycles. The van der Waals surface area contributed by atoms with E-state index in [1.807, 2.05) is 54.6 Å². The summed E-state index contributed by atoms with van der Waals surface area (Å²) in [5, 5.41) is 6.05. The maximum absolute atomic E-state index is 6.53. The van der Waals surface area contributed by atoms with Crippen molar-refractivity contribution in [3.63, 3.8) is 0 Å². The fourth-order valence-corrected chi connectivity index (χ4v) is 3.71. The Hall–Kier alpha value is -3.16. The summed E-state index contributed by atoms with van der Waals surface area (Å²) in [7, 11) is 0. The molecule has 2 aromatic heterocycles. The third kappa shape index (κ3) is 3.28. The lowest BCUT2D eigenvalue weighted by atomic mass is 10.1. The molecular formula is C21H19ClN6O. The lowest BCUT2D eigenvalue weighted by Crippen LogP contribution is -2.37. The zero-order valence-electron chi connectivity index (χ0n) is 15.6. The number of nitrogen functional groups attached to an aromatic ring is 1. The number of fused-ring (bicyclic) bond motifs is 1. The first-order valence-electron chi connectivity index (χ1n) is 9.41. The number of hydrogen-bond donors (Lipinski definition) is 1. The Labute approximate surface area is 172 Å². The van der Waals surface area contributed by atoms with Crippen LogP contribution in [0.2, 0.25) is 5.02 Å². The highest BCUT2D eigenvalue weighted by Crippen LogP contribution is 2.34. The van der Waals surface area contributed by atoms with Gasteiger partial charge in [-0.1, -0.05) is 41.9 Å². The first-order valence-corrected chi connectivity index (χ1v) is 9.79. The number of morpholine rings is 1. The van der Waals surface area contributed by atoms with Crippen molar-refractivity contribution in [2.24, 2.45) is 0 Å². The number of nitrogens with two attached hydrogens (primary N) is 1. The second-order valence-electron chi connectivity index (χ2n) is 6.81. The van der Waals surface area contributed by atoms with E-state index in [4.69, 9.17) is 37.1 Å². The predicted octanol–water partition coefficient (Wildman–Crippen LogP) is 3.55. The molecule has 0 saturated carbocycles. The highest BCUT2D eigenvalue weighted by molar-refractivity contribution is 6.30. The number of halogens is 1. The first kappa shape index (κ1) is 17.9. The largest absolute Gasteiger partial charge is 0.383 e. The van der Waals surface area contributed by atoms with Gasteiger partial charge < -0.3 is 15.4 Å². The maximum Gasteiger partial charge on any atom is 0.228 e. The van der Waals surface area contributed by atoms with Gasteiger partial charge in [-0.2, -0.15) is 4.98 Å². The zero-order chi connectivity index (χ0) is 19.8. The van der Waals surface area contributed by atoms with E-state index in [2.05, 4.69) is 4.90 Å². The van der Waals surface area contributed by atoms with E-state index < -0.39 is 0 Å². The summed E-state index contributed by atoms with van der Waals surface area (Å²) in [6, 6.07) is 17.3. The third-order valence-electron chi connectivity index (χ3n) is 4.95. The standard InChI is InChI=1S/C21H19ClN6O/c22-15-6-4-5-14(13-15)18-17-19(23)28(16-7-2-1-3-8-16)26-20(17)25-21(24-18)27-9-11-29-12-10-27/h1-8,13H,9-12,23H2. The lowest BCUT2D eigenvalue weighted by Gasteiger charge is -2.27. The smallest absolute Gasteiger partial charge is 0.228 e. The van der Waals surface area contributed by atoms with E-state index in [1.54, 1.807) is 4.68 Å². The molecule has 0 unspecified atom stereocenters. The van der Waals surface area contributed by atoms with Crippen LogP contribution < -0.4 is 10.6 Å². The molecule has 2 aromatic carbocycles. The highest BCUT2D eigenvalue weighted by Gasteiger charge is 2.22. The zero-order valence-corrected chi connectivity index (χ0v) is 16.4. The van der Waals surface area contributed by atoms with Crippen LogP contribution in [0, 0.1) is 0 Å². The monoisotopic (exact) mass is 406 g/mol. The normalized spacial score (nSPS) is 14.4. The topological polar surface area (TPSA) is 82.1 Å². The van der Waals surface area contributed by atoms with Crippen molar-refractivity contribution < 1.29 is 4.74 Å². The summed E-state index contributed by atoms with van der Waals surface area (Å²) >= 11 is 6.25. The van der Waals surface area contributed by atoms with Crippen molar-refractivity contribution in [1.82, 2.24) is 19.7 Å². The van der Waals surface area contributed by atoms with Crippen LogP contribution >= 0.6 is 11.6 Å². The molecule has 1 saturated heterocycles. The summed E-state index contributed by atoms with van der Waals surface area (Å²) in [6.45, 7) is 2.76. The summed E-state index contributed by atoms with van der Waals surface area (Å²) in [5.41, 5.74) is 9.55. The average Bonchev–Trinajstić information content (AvgIpc) is 3.11. The number of benzene rings is 2. The van der Waals surface area contributed by atoms with Gasteiger partial charge in [0.15, 0.2) is 5.65 Å². The molecule has 0 radical (unpaired) electrons. The van der Waals surface area contributed by atoms with E-state index in [-0.39, 0.29) is 0 Å². The minimum atomic E-state index is 0.495. The SMILES string of the molecule is Nc1c2c(-c3cccc(Cl)c3)nc(N3CCOCC3)nc2nn1-c1ccccc1. The Bertz CT molecular complexity index is 1170. The van der Waals surface area contributed by atoms with Crippen LogP contribution in [0.25, 0.3) is 28.0 Å². The molecular weight excluding hydrogens is 388 g/mol. The van der Waals surface area contributed by atoms with E-state index in [1.165, 1.54) is 0 Å². The summed E-state index contributed by atoms with van der Waals surface area (Å²) in [5.74, 6) is 1.11. The van der Waals surface area contributed by atoms with Gasteiger partial charge in [-0.3, -0.25) is 0 Å². The maximum atomic E-state index is 6.53. The van der Waals surface area contributed by atoms with Gasteiger partial charge in [-0.15, -0.1) is 5.10 Å². The number of rotatable bonds is 3. The van der Waals surface area contributed by atoms with Gasteiger partial charge in [0.2, 0.25) is 5.95 Å². The van der Waals surface area contributed by atoms with Crippen molar-refractivity contribution in [2.75, 3.05) is 36.9 Å². The Morgan fingerprint density at radius 1 is 0.966 bits per heavy atom. The van der Waals surface area contributed by atoms with Gasteiger partial charge in [0.1, 0.15) is 5.82 Å². The van der Waals surface area contributed by atoms with Crippen LogP contribution in [0.4, 0.5) is 11.8 Å². The molecule has 2 N–H and O–H groups in total. The van der Waals surface area contributed by atoms with Crippen LogP contribution in [-0.4, -0.2) is 46.1 Å². The Kier molecular flexibility index (Phi) is 4.54. The molecule has 29 heavy (non-hydrogen) atoms. The van der Waals surface area contributed by atoms with Gasteiger partial charge in [-0.25, -0.2) is 9.67 Å². The second-order valence-corrected chi connectivity index (χ2v) is 7.25. The number of para-hydroxylation sites is 1. The minimum absolute atomic E-state index is 0.495. The fourth-order valence-electron chi connectivity index (χ4n) is 3.52. The van der Waals surface area contributed by atoms with Crippen molar-refractivity contribution >= 4 is 34.4 Å². The molecule has 5 rings (SSSR count). The van der Waals surface area contributed by atoms with E-state index in [9.17, 15) is 0 Å². The molecule has 0 bridgehead atoms. The number of aromatic nitrogens is 4. The minimum Gasteiger partial charge on any atom is -0.383 e. The van der Waals surface area contributed by atoms with Gasteiger partial charge in [0.05, 0.1) is 30.0 Å².